The highest BCUT2D eigenvalue weighted by atomic mass is 16.5. The fourth-order valence-electron chi connectivity index (χ4n) is 3.21. The molecule has 0 unspecified atom stereocenters. The molecule has 2 atom stereocenters. The number of ether oxygens (including phenoxy) is 2. The minimum Gasteiger partial charge on any atom is -0.389 e. The zero-order chi connectivity index (χ0) is 12.8. The van der Waals surface area contributed by atoms with Crippen LogP contribution in [0.15, 0.2) is 0 Å². The van der Waals surface area contributed by atoms with Crippen LogP contribution in [-0.4, -0.2) is 61.7 Å². The van der Waals surface area contributed by atoms with Crippen molar-refractivity contribution in [2.75, 3.05) is 33.4 Å². The molecule has 1 N–H and O–H groups in total. The second-order valence-electron chi connectivity index (χ2n) is 5.64. The summed E-state index contributed by atoms with van der Waals surface area (Å²) in [5, 5.41) is 9.95. The van der Waals surface area contributed by atoms with Crippen LogP contribution < -0.4 is 0 Å². The molecule has 4 nitrogen and oxygen atoms in total. The van der Waals surface area contributed by atoms with Crippen molar-refractivity contribution >= 4 is 0 Å². The molecule has 0 aromatic heterocycles. The monoisotopic (exact) mass is 257 g/mol. The SMILES string of the molecule is COC[C@H](O)CN(C[C@@H]1CCCO1)C1CCCC1. The first-order valence-electron chi connectivity index (χ1n) is 7.32. The maximum absolute atomic E-state index is 9.95. The van der Waals surface area contributed by atoms with Crippen LogP contribution in [0.3, 0.4) is 0 Å². The predicted molar refractivity (Wildman–Crippen MR) is 70.7 cm³/mol. The van der Waals surface area contributed by atoms with E-state index in [-0.39, 0.29) is 6.10 Å². The Hall–Kier alpha value is -0.160. The molecule has 1 heterocycles. The Kier molecular flexibility index (Phi) is 5.89. The summed E-state index contributed by atoms with van der Waals surface area (Å²) in [7, 11) is 1.64. The van der Waals surface area contributed by atoms with Gasteiger partial charge in [0.2, 0.25) is 0 Å². The van der Waals surface area contributed by atoms with Gasteiger partial charge in [-0.05, 0) is 25.7 Å². The summed E-state index contributed by atoms with van der Waals surface area (Å²) in [4.78, 5) is 2.44. The number of aliphatic hydroxyl groups excluding tert-OH is 1. The average Bonchev–Trinajstić information content (AvgIpc) is 3.01. The van der Waals surface area contributed by atoms with Gasteiger partial charge in [0.25, 0.3) is 0 Å². The molecule has 0 amide bonds. The Balaban J connectivity index is 1.84. The number of methoxy groups -OCH3 is 1. The molecule has 2 aliphatic rings. The van der Waals surface area contributed by atoms with Crippen molar-refractivity contribution < 1.29 is 14.6 Å². The quantitative estimate of drug-likeness (QED) is 0.749. The van der Waals surface area contributed by atoms with Crippen LogP contribution >= 0.6 is 0 Å². The zero-order valence-corrected chi connectivity index (χ0v) is 11.5. The first-order chi connectivity index (χ1) is 8.79. The molecule has 2 fully saturated rings. The second kappa shape index (κ2) is 7.43. The second-order valence-corrected chi connectivity index (χ2v) is 5.64. The van der Waals surface area contributed by atoms with E-state index >= 15 is 0 Å². The van der Waals surface area contributed by atoms with E-state index in [2.05, 4.69) is 4.90 Å². The van der Waals surface area contributed by atoms with Crippen molar-refractivity contribution in [2.24, 2.45) is 0 Å². The van der Waals surface area contributed by atoms with E-state index in [9.17, 15) is 5.11 Å². The molecule has 18 heavy (non-hydrogen) atoms. The van der Waals surface area contributed by atoms with Crippen LogP contribution in [0.4, 0.5) is 0 Å². The Morgan fingerprint density at radius 3 is 2.67 bits per heavy atom. The molecule has 1 aliphatic heterocycles. The molecule has 1 saturated carbocycles. The minimum atomic E-state index is -0.378. The zero-order valence-electron chi connectivity index (χ0n) is 11.5. The van der Waals surface area contributed by atoms with E-state index < -0.39 is 0 Å². The van der Waals surface area contributed by atoms with Gasteiger partial charge in [0.15, 0.2) is 0 Å². The van der Waals surface area contributed by atoms with Crippen LogP contribution in [0, 0.1) is 0 Å². The molecule has 1 aliphatic carbocycles. The molecule has 0 aromatic carbocycles. The smallest absolute Gasteiger partial charge is 0.0900 e. The summed E-state index contributed by atoms with van der Waals surface area (Å²) < 4.78 is 10.8. The van der Waals surface area contributed by atoms with Crippen molar-refractivity contribution in [3.8, 4) is 0 Å². The molecule has 0 spiro atoms. The fraction of sp³-hybridized carbons (Fsp3) is 1.00. The molecule has 106 valence electrons. The first-order valence-corrected chi connectivity index (χ1v) is 7.32. The summed E-state index contributed by atoms with van der Waals surface area (Å²) >= 11 is 0. The summed E-state index contributed by atoms with van der Waals surface area (Å²) in [6.07, 6.45) is 7.55. The van der Waals surface area contributed by atoms with E-state index in [0.717, 1.165) is 19.7 Å². The number of aliphatic hydroxyl groups is 1. The lowest BCUT2D eigenvalue weighted by Crippen LogP contribution is -2.44. The molecule has 0 aromatic rings. The van der Waals surface area contributed by atoms with Crippen LogP contribution in [-0.2, 0) is 9.47 Å². The molecular formula is C14H27NO3. The summed E-state index contributed by atoms with van der Waals surface area (Å²) in [5.74, 6) is 0. The summed E-state index contributed by atoms with van der Waals surface area (Å²) in [6, 6.07) is 0.640. The van der Waals surface area contributed by atoms with Crippen molar-refractivity contribution in [1.29, 1.82) is 0 Å². The van der Waals surface area contributed by atoms with Gasteiger partial charge in [0.05, 0.1) is 18.8 Å². The van der Waals surface area contributed by atoms with Gasteiger partial charge in [-0.15, -0.1) is 0 Å². The third kappa shape index (κ3) is 4.19. The van der Waals surface area contributed by atoms with Gasteiger partial charge in [-0.1, -0.05) is 12.8 Å². The van der Waals surface area contributed by atoms with Gasteiger partial charge >= 0.3 is 0 Å². The van der Waals surface area contributed by atoms with Crippen molar-refractivity contribution in [1.82, 2.24) is 4.90 Å². The fourth-order valence-corrected chi connectivity index (χ4v) is 3.21. The number of rotatable bonds is 7. The van der Waals surface area contributed by atoms with Crippen LogP contribution in [0.5, 0.6) is 0 Å². The Labute approximate surface area is 110 Å². The molecule has 0 bridgehead atoms. The first kappa shape index (κ1) is 14.3. The molecular weight excluding hydrogens is 230 g/mol. The van der Waals surface area contributed by atoms with Gasteiger partial charge < -0.3 is 14.6 Å². The van der Waals surface area contributed by atoms with Gasteiger partial charge in [-0.2, -0.15) is 0 Å². The topological polar surface area (TPSA) is 41.9 Å². The Bertz CT molecular complexity index is 225. The number of hydrogen-bond acceptors (Lipinski definition) is 4. The lowest BCUT2D eigenvalue weighted by molar-refractivity contribution is 0.00457. The van der Waals surface area contributed by atoms with Gasteiger partial charge in [-0.25, -0.2) is 0 Å². The van der Waals surface area contributed by atoms with E-state index in [0.29, 0.717) is 18.8 Å². The van der Waals surface area contributed by atoms with Gasteiger partial charge in [0, 0.05) is 32.8 Å². The van der Waals surface area contributed by atoms with E-state index in [4.69, 9.17) is 9.47 Å². The van der Waals surface area contributed by atoms with Gasteiger partial charge in [-0.3, -0.25) is 4.90 Å². The van der Waals surface area contributed by atoms with Crippen molar-refractivity contribution in [3.05, 3.63) is 0 Å². The lowest BCUT2D eigenvalue weighted by atomic mass is 10.1. The third-order valence-corrected chi connectivity index (χ3v) is 4.11. The highest BCUT2D eigenvalue weighted by molar-refractivity contribution is 4.82. The predicted octanol–water partition coefficient (Wildman–Crippen LogP) is 1.42. The van der Waals surface area contributed by atoms with E-state index in [1.165, 1.54) is 38.5 Å². The Morgan fingerprint density at radius 1 is 1.28 bits per heavy atom. The number of nitrogens with zero attached hydrogens (tertiary/aromatic N) is 1. The largest absolute Gasteiger partial charge is 0.389 e. The highest BCUT2D eigenvalue weighted by Crippen LogP contribution is 2.25. The average molecular weight is 257 g/mol. The maximum atomic E-state index is 9.95. The van der Waals surface area contributed by atoms with Crippen LogP contribution in [0.1, 0.15) is 38.5 Å². The molecule has 1 saturated heterocycles. The van der Waals surface area contributed by atoms with Crippen LogP contribution in [0.25, 0.3) is 0 Å². The number of hydrogen-bond donors (Lipinski definition) is 1. The third-order valence-electron chi connectivity index (χ3n) is 4.11. The molecule has 0 radical (unpaired) electrons. The lowest BCUT2D eigenvalue weighted by Gasteiger charge is -2.32. The van der Waals surface area contributed by atoms with E-state index in [1.54, 1.807) is 7.11 Å². The highest BCUT2D eigenvalue weighted by Gasteiger charge is 2.28. The Morgan fingerprint density at radius 2 is 2.06 bits per heavy atom. The normalized spacial score (nSPS) is 27.2. The summed E-state index contributed by atoms with van der Waals surface area (Å²) in [5.41, 5.74) is 0. The van der Waals surface area contributed by atoms with E-state index in [1.807, 2.05) is 0 Å². The maximum Gasteiger partial charge on any atom is 0.0900 e. The minimum absolute atomic E-state index is 0.375. The van der Waals surface area contributed by atoms with Crippen LogP contribution in [0.2, 0.25) is 0 Å². The van der Waals surface area contributed by atoms with Gasteiger partial charge in [0.1, 0.15) is 0 Å². The summed E-state index contributed by atoms with van der Waals surface area (Å²) in [6.45, 7) is 3.03. The standard InChI is InChI=1S/C14H27NO3/c1-17-11-13(16)9-15(12-5-2-3-6-12)10-14-7-4-8-18-14/h12-14,16H,2-11H2,1H3/t13-,14+/m1/s1. The molecule has 2 rings (SSSR count). The van der Waals surface area contributed by atoms with Crippen molar-refractivity contribution in [2.45, 2.75) is 56.8 Å². The molecule has 4 heteroatoms. The van der Waals surface area contributed by atoms with Crippen molar-refractivity contribution in [3.63, 3.8) is 0 Å².